The van der Waals surface area contributed by atoms with Gasteiger partial charge < -0.3 is 5.32 Å². The third-order valence-corrected chi connectivity index (χ3v) is 4.25. The number of aryl methyl sites for hydroxylation is 2. The smallest absolute Gasteiger partial charge is 0.270 e. The molecule has 0 aliphatic rings. The van der Waals surface area contributed by atoms with E-state index in [0.29, 0.717) is 6.42 Å². The van der Waals surface area contributed by atoms with Crippen LogP contribution in [0.15, 0.2) is 36.4 Å². The Morgan fingerprint density at radius 2 is 1.96 bits per heavy atom. The van der Waals surface area contributed by atoms with Gasteiger partial charge in [0.15, 0.2) is 0 Å². The summed E-state index contributed by atoms with van der Waals surface area (Å²) in [5.41, 5.74) is 3.21. The lowest BCUT2D eigenvalue weighted by atomic mass is 9.97. The molecule has 0 aliphatic carbocycles. The molecule has 2 rings (SSSR count). The molecule has 0 saturated heterocycles. The predicted octanol–water partition coefficient (Wildman–Crippen LogP) is 4.75. The quantitative estimate of drug-likeness (QED) is 0.627. The Balaban J connectivity index is 2.30. The fourth-order valence-corrected chi connectivity index (χ4v) is 2.86. The molecular formula is C18H19ClN2O3. The molecule has 0 fully saturated rings. The van der Waals surface area contributed by atoms with Crippen molar-refractivity contribution in [2.45, 2.75) is 33.2 Å². The summed E-state index contributed by atoms with van der Waals surface area (Å²) in [6, 6.07) is 9.71. The van der Waals surface area contributed by atoms with Gasteiger partial charge in [-0.15, -0.1) is 0 Å². The molecule has 0 heterocycles. The van der Waals surface area contributed by atoms with Crippen molar-refractivity contribution in [1.82, 2.24) is 5.32 Å². The van der Waals surface area contributed by atoms with E-state index in [2.05, 4.69) is 11.4 Å². The first-order valence-electron chi connectivity index (χ1n) is 7.65. The third-order valence-electron chi connectivity index (χ3n) is 3.92. The van der Waals surface area contributed by atoms with Crippen LogP contribution in [0, 0.1) is 24.0 Å². The number of rotatable bonds is 5. The highest BCUT2D eigenvalue weighted by atomic mass is 35.5. The standard InChI is InChI=1S/C18H19ClN2O3/c1-4-17(14-7-5-11(2)9-12(14)3)20-18(22)15-10-13(21(23)24)6-8-16(15)19/h5-10,17H,4H2,1-3H3,(H,20,22)/t17-/m1/s1. The minimum absolute atomic E-state index is 0.106. The maximum absolute atomic E-state index is 12.5. The fraction of sp³-hybridized carbons (Fsp3) is 0.278. The molecule has 2 aromatic rings. The summed E-state index contributed by atoms with van der Waals surface area (Å²) in [6.07, 6.45) is 0.697. The summed E-state index contributed by atoms with van der Waals surface area (Å²) >= 11 is 6.04. The molecule has 0 aliphatic heterocycles. The van der Waals surface area contributed by atoms with Crippen molar-refractivity contribution in [2.24, 2.45) is 0 Å². The van der Waals surface area contributed by atoms with Gasteiger partial charge in [0, 0.05) is 12.1 Å². The van der Waals surface area contributed by atoms with Crippen molar-refractivity contribution < 1.29 is 9.72 Å². The predicted molar refractivity (Wildman–Crippen MR) is 94.5 cm³/mol. The second-order valence-electron chi connectivity index (χ2n) is 5.72. The van der Waals surface area contributed by atoms with E-state index in [-0.39, 0.29) is 22.3 Å². The maximum Gasteiger partial charge on any atom is 0.270 e. The number of nitrogens with one attached hydrogen (secondary N) is 1. The molecule has 5 nitrogen and oxygen atoms in total. The van der Waals surface area contributed by atoms with Crippen molar-refractivity contribution in [2.75, 3.05) is 0 Å². The number of carbonyl (C=O) groups excluding carboxylic acids is 1. The number of amides is 1. The van der Waals surface area contributed by atoms with Crippen LogP contribution in [0.2, 0.25) is 5.02 Å². The molecule has 0 aromatic heterocycles. The van der Waals surface area contributed by atoms with E-state index in [1.165, 1.54) is 18.2 Å². The largest absolute Gasteiger partial charge is 0.345 e. The number of nitro benzene ring substituents is 1. The molecule has 1 N–H and O–H groups in total. The van der Waals surface area contributed by atoms with Crippen molar-refractivity contribution in [3.8, 4) is 0 Å². The van der Waals surface area contributed by atoms with Crippen LogP contribution >= 0.6 is 11.6 Å². The zero-order valence-electron chi connectivity index (χ0n) is 13.8. The molecule has 0 bridgehead atoms. The molecule has 1 amide bonds. The SMILES string of the molecule is CC[C@@H](NC(=O)c1cc([N+](=O)[O-])ccc1Cl)c1ccc(C)cc1C. The summed E-state index contributed by atoms with van der Waals surface area (Å²) in [5.74, 6) is -0.421. The highest BCUT2D eigenvalue weighted by Crippen LogP contribution is 2.25. The van der Waals surface area contributed by atoms with Crippen LogP contribution in [-0.4, -0.2) is 10.8 Å². The second kappa shape index (κ2) is 7.45. The van der Waals surface area contributed by atoms with E-state index in [1.807, 2.05) is 32.9 Å². The van der Waals surface area contributed by atoms with E-state index in [0.717, 1.165) is 16.7 Å². The van der Waals surface area contributed by atoms with Crippen LogP contribution < -0.4 is 5.32 Å². The Morgan fingerprint density at radius 3 is 2.54 bits per heavy atom. The second-order valence-corrected chi connectivity index (χ2v) is 6.12. The van der Waals surface area contributed by atoms with Gasteiger partial charge in [-0.2, -0.15) is 0 Å². The molecular weight excluding hydrogens is 328 g/mol. The lowest BCUT2D eigenvalue weighted by Gasteiger charge is -2.20. The number of halogens is 1. The van der Waals surface area contributed by atoms with E-state index < -0.39 is 10.8 Å². The number of carbonyl (C=O) groups is 1. The van der Waals surface area contributed by atoms with Gasteiger partial charge in [0.1, 0.15) is 0 Å². The molecule has 0 saturated carbocycles. The first-order valence-corrected chi connectivity index (χ1v) is 8.03. The van der Waals surface area contributed by atoms with Gasteiger partial charge in [-0.05, 0) is 37.5 Å². The number of nitrogens with zero attached hydrogens (tertiary/aromatic N) is 1. The van der Waals surface area contributed by atoms with Crippen molar-refractivity contribution >= 4 is 23.2 Å². The Hall–Kier alpha value is -2.40. The molecule has 24 heavy (non-hydrogen) atoms. The number of nitro groups is 1. The van der Waals surface area contributed by atoms with Gasteiger partial charge in [-0.1, -0.05) is 42.3 Å². The first kappa shape index (κ1) is 17.9. The van der Waals surface area contributed by atoms with E-state index >= 15 is 0 Å². The minimum atomic E-state index is -0.547. The molecule has 2 aromatic carbocycles. The monoisotopic (exact) mass is 346 g/mol. The van der Waals surface area contributed by atoms with Crippen LogP contribution in [-0.2, 0) is 0 Å². The zero-order chi connectivity index (χ0) is 17.9. The van der Waals surface area contributed by atoms with Gasteiger partial charge in [-0.25, -0.2) is 0 Å². The van der Waals surface area contributed by atoms with Gasteiger partial charge in [0.2, 0.25) is 0 Å². The van der Waals surface area contributed by atoms with Gasteiger partial charge >= 0.3 is 0 Å². The fourth-order valence-electron chi connectivity index (χ4n) is 2.65. The number of benzene rings is 2. The van der Waals surface area contributed by atoms with E-state index in [9.17, 15) is 14.9 Å². The van der Waals surface area contributed by atoms with Crippen LogP contribution in [0.5, 0.6) is 0 Å². The van der Waals surface area contributed by atoms with E-state index in [4.69, 9.17) is 11.6 Å². The van der Waals surface area contributed by atoms with Crippen molar-refractivity contribution in [3.63, 3.8) is 0 Å². The molecule has 126 valence electrons. The minimum Gasteiger partial charge on any atom is -0.345 e. The Kier molecular flexibility index (Phi) is 5.57. The Morgan fingerprint density at radius 1 is 1.25 bits per heavy atom. The molecule has 1 atom stereocenters. The zero-order valence-corrected chi connectivity index (χ0v) is 14.6. The maximum atomic E-state index is 12.5. The van der Waals surface area contributed by atoms with Crippen LogP contribution in [0.25, 0.3) is 0 Å². The average Bonchev–Trinajstić information content (AvgIpc) is 2.53. The summed E-state index contributed by atoms with van der Waals surface area (Å²) < 4.78 is 0. The van der Waals surface area contributed by atoms with Gasteiger partial charge in [-0.3, -0.25) is 14.9 Å². The first-order chi connectivity index (χ1) is 11.3. The summed E-state index contributed by atoms with van der Waals surface area (Å²) in [4.78, 5) is 22.9. The topological polar surface area (TPSA) is 72.2 Å². The highest BCUT2D eigenvalue weighted by molar-refractivity contribution is 6.33. The van der Waals surface area contributed by atoms with Crippen LogP contribution in [0.1, 0.15) is 46.4 Å². The Labute approximate surface area is 145 Å². The summed E-state index contributed by atoms with van der Waals surface area (Å²) in [6.45, 7) is 5.98. The van der Waals surface area contributed by atoms with Crippen molar-refractivity contribution in [3.05, 3.63) is 73.8 Å². The summed E-state index contributed by atoms with van der Waals surface area (Å²) in [7, 11) is 0. The van der Waals surface area contributed by atoms with Crippen molar-refractivity contribution in [1.29, 1.82) is 0 Å². The van der Waals surface area contributed by atoms with Crippen LogP contribution in [0.4, 0.5) is 5.69 Å². The molecule has 0 spiro atoms. The van der Waals surface area contributed by atoms with Gasteiger partial charge in [0.05, 0.1) is 21.6 Å². The van der Waals surface area contributed by atoms with E-state index in [1.54, 1.807) is 0 Å². The molecule has 6 heteroatoms. The lowest BCUT2D eigenvalue weighted by molar-refractivity contribution is -0.384. The average molecular weight is 347 g/mol. The van der Waals surface area contributed by atoms with Gasteiger partial charge in [0.25, 0.3) is 11.6 Å². The number of hydrogen-bond donors (Lipinski definition) is 1. The molecule has 0 radical (unpaired) electrons. The van der Waals surface area contributed by atoms with Crippen LogP contribution in [0.3, 0.4) is 0 Å². The Bertz CT molecular complexity index is 790. The summed E-state index contributed by atoms with van der Waals surface area (Å²) in [5, 5.41) is 14.0. The lowest BCUT2D eigenvalue weighted by Crippen LogP contribution is -2.29. The molecule has 0 unspecified atom stereocenters. The number of hydrogen-bond acceptors (Lipinski definition) is 3. The number of non-ortho nitro benzene ring substituents is 1. The third kappa shape index (κ3) is 3.92. The highest BCUT2D eigenvalue weighted by Gasteiger charge is 2.20. The normalized spacial score (nSPS) is 11.8.